The summed E-state index contributed by atoms with van der Waals surface area (Å²) in [6, 6.07) is 9.74. The fourth-order valence-electron chi connectivity index (χ4n) is 3.62. The van der Waals surface area contributed by atoms with Crippen molar-refractivity contribution >= 4 is 17.1 Å². The number of carbonyl (C=O) groups excluding carboxylic acids is 1. The lowest BCUT2D eigenvalue weighted by Gasteiger charge is -2.34. The number of nitrogens with zero attached hydrogens (tertiary/aromatic N) is 3. The van der Waals surface area contributed by atoms with Crippen LogP contribution in [-0.4, -0.2) is 40.2 Å². The molecule has 7 heteroatoms. The van der Waals surface area contributed by atoms with Gasteiger partial charge in [0.25, 0.3) is 0 Å². The number of amides is 2. The molecule has 0 aliphatic carbocycles. The summed E-state index contributed by atoms with van der Waals surface area (Å²) in [5.74, 6) is 2.51. The van der Waals surface area contributed by atoms with Crippen LogP contribution < -0.4 is 5.32 Å². The Morgan fingerprint density at radius 2 is 2.18 bits per heavy atom. The highest BCUT2D eigenvalue weighted by atomic mass is 16.5. The first-order valence-electron chi connectivity index (χ1n) is 9.69. The van der Waals surface area contributed by atoms with E-state index in [0.29, 0.717) is 26.3 Å². The average molecular weight is 382 g/mol. The van der Waals surface area contributed by atoms with Crippen LogP contribution in [0.2, 0.25) is 0 Å². The second-order valence-electron chi connectivity index (χ2n) is 7.18. The summed E-state index contributed by atoms with van der Waals surface area (Å²) >= 11 is 0. The van der Waals surface area contributed by atoms with Crippen molar-refractivity contribution in [1.82, 2.24) is 19.8 Å². The fourth-order valence-corrected chi connectivity index (χ4v) is 3.62. The second kappa shape index (κ2) is 7.67. The quantitative estimate of drug-likeness (QED) is 0.751. The van der Waals surface area contributed by atoms with Crippen molar-refractivity contribution in [3.05, 3.63) is 53.2 Å². The minimum absolute atomic E-state index is 0.133. The Kier molecular flexibility index (Phi) is 5.09. The predicted molar refractivity (Wildman–Crippen MR) is 106 cm³/mol. The maximum atomic E-state index is 12.9. The number of ether oxygens (including phenoxy) is 1. The minimum Gasteiger partial charge on any atom is -0.464 e. The number of morpholine rings is 1. The number of rotatable bonds is 4. The number of urea groups is 1. The summed E-state index contributed by atoms with van der Waals surface area (Å²) in [5.41, 5.74) is 3.17. The van der Waals surface area contributed by atoms with Gasteiger partial charge in [0.05, 0.1) is 30.8 Å². The zero-order valence-electron chi connectivity index (χ0n) is 16.6. The van der Waals surface area contributed by atoms with Gasteiger partial charge in [0, 0.05) is 20.0 Å². The zero-order valence-corrected chi connectivity index (χ0v) is 16.6. The number of aromatic nitrogens is 2. The summed E-state index contributed by atoms with van der Waals surface area (Å²) in [4.78, 5) is 19.3. The van der Waals surface area contributed by atoms with Gasteiger partial charge >= 0.3 is 6.03 Å². The third kappa shape index (κ3) is 3.49. The Labute approximate surface area is 164 Å². The number of carbonyl (C=O) groups is 1. The summed E-state index contributed by atoms with van der Waals surface area (Å²) in [5, 5.41) is 3.01. The molecule has 1 aromatic carbocycles. The summed E-state index contributed by atoms with van der Waals surface area (Å²) in [6.45, 7) is 5.95. The van der Waals surface area contributed by atoms with Crippen LogP contribution in [0.1, 0.15) is 35.9 Å². The predicted octanol–water partition coefficient (Wildman–Crippen LogP) is 3.32. The van der Waals surface area contributed by atoms with E-state index in [-0.39, 0.29) is 12.1 Å². The van der Waals surface area contributed by atoms with Crippen LogP contribution in [0.25, 0.3) is 11.0 Å². The molecule has 2 amide bonds. The van der Waals surface area contributed by atoms with E-state index in [4.69, 9.17) is 9.15 Å². The van der Waals surface area contributed by atoms with Crippen molar-refractivity contribution < 1.29 is 13.9 Å². The van der Waals surface area contributed by atoms with Crippen molar-refractivity contribution in [2.24, 2.45) is 7.05 Å². The number of nitrogens with one attached hydrogen (secondary N) is 1. The lowest BCUT2D eigenvalue weighted by atomic mass is 10.2. The van der Waals surface area contributed by atoms with E-state index >= 15 is 0 Å². The third-order valence-corrected chi connectivity index (χ3v) is 5.28. The van der Waals surface area contributed by atoms with Gasteiger partial charge in [0.1, 0.15) is 23.4 Å². The maximum absolute atomic E-state index is 12.9. The molecule has 0 spiro atoms. The Bertz CT molecular complexity index is 991. The summed E-state index contributed by atoms with van der Waals surface area (Å²) in [6.07, 6.45) is 0.825. The van der Waals surface area contributed by atoms with Gasteiger partial charge in [0.15, 0.2) is 0 Å². The first-order valence-corrected chi connectivity index (χ1v) is 9.69. The van der Waals surface area contributed by atoms with Crippen LogP contribution in [0, 0.1) is 6.92 Å². The Morgan fingerprint density at radius 1 is 1.32 bits per heavy atom. The topological polar surface area (TPSA) is 72.5 Å². The smallest absolute Gasteiger partial charge is 0.318 e. The maximum Gasteiger partial charge on any atom is 0.318 e. The molecule has 3 aromatic rings. The van der Waals surface area contributed by atoms with Crippen LogP contribution in [0.15, 0.2) is 34.7 Å². The van der Waals surface area contributed by atoms with Gasteiger partial charge in [-0.1, -0.05) is 13.0 Å². The Morgan fingerprint density at radius 3 is 2.96 bits per heavy atom. The lowest BCUT2D eigenvalue weighted by molar-refractivity contribution is 0.00388. The molecule has 0 saturated carbocycles. The van der Waals surface area contributed by atoms with Crippen molar-refractivity contribution in [1.29, 1.82) is 0 Å². The van der Waals surface area contributed by atoms with Gasteiger partial charge in [-0.25, -0.2) is 9.78 Å². The molecule has 1 aliphatic heterocycles. The molecule has 1 unspecified atom stereocenters. The Hall–Kier alpha value is -2.80. The van der Waals surface area contributed by atoms with Gasteiger partial charge in [-0.15, -0.1) is 0 Å². The first kappa shape index (κ1) is 18.6. The van der Waals surface area contributed by atoms with Crippen molar-refractivity contribution in [2.75, 3.05) is 19.8 Å². The number of benzene rings is 1. The number of hydrogen-bond acceptors (Lipinski definition) is 4. The van der Waals surface area contributed by atoms with Crippen LogP contribution in [0.5, 0.6) is 0 Å². The average Bonchev–Trinajstić information content (AvgIpc) is 3.30. The highest BCUT2D eigenvalue weighted by molar-refractivity contribution is 5.77. The lowest BCUT2D eigenvalue weighted by Crippen LogP contribution is -2.48. The van der Waals surface area contributed by atoms with E-state index in [2.05, 4.69) is 28.5 Å². The van der Waals surface area contributed by atoms with Gasteiger partial charge in [0.2, 0.25) is 0 Å². The number of furan rings is 1. The molecule has 0 radical (unpaired) electrons. The summed E-state index contributed by atoms with van der Waals surface area (Å²) in [7, 11) is 1.97. The molecule has 7 nitrogen and oxygen atoms in total. The summed E-state index contributed by atoms with van der Waals surface area (Å²) < 4.78 is 13.5. The number of imidazole rings is 1. The molecule has 1 saturated heterocycles. The molecule has 4 rings (SSSR count). The number of hydrogen-bond donors (Lipinski definition) is 1. The number of aryl methyl sites for hydroxylation is 3. The molecule has 0 bridgehead atoms. The van der Waals surface area contributed by atoms with E-state index in [1.165, 1.54) is 5.56 Å². The fraction of sp³-hybridized carbons (Fsp3) is 0.429. The van der Waals surface area contributed by atoms with E-state index in [1.807, 2.05) is 37.6 Å². The normalized spacial score (nSPS) is 17.2. The highest BCUT2D eigenvalue weighted by Crippen LogP contribution is 2.26. The molecular formula is C21H26N4O3. The second-order valence-corrected chi connectivity index (χ2v) is 7.18. The van der Waals surface area contributed by atoms with Crippen molar-refractivity contribution in [2.45, 2.75) is 32.9 Å². The van der Waals surface area contributed by atoms with Crippen molar-refractivity contribution in [3.63, 3.8) is 0 Å². The minimum atomic E-state index is -0.211. The molecule has 2 aromatic heterocycles. The molecule has 1 N–H and O–H groups in total. The van der Waals surface area contributed by atoms with E-state index < -0.39 is 0 Å². The molecule has 148 valence electrons. The van der Waals surface area contributed by atoms with Gasteiger partial charge in [-0.3, -0.25) is 0 Å². The SMILES string of the molecule is CCc1ccc(C2COCCN2C(=O)NCc2nc3cc(C)ccc3n2C)o1. The van der Waals surface area contributed by atoms with Crippen LogP contribution >= 0.6 is 0 Å². The van der Waals surface area contributed by atoms with Crippen LogP contribution in [-0.2, 0) is 24.8 Å². The van der Waals surface area contributed by atoms with Crippen LogP contribution in [0.3, 0.4) is 0 Å². The van der Waals surface area contributed by atoms with Gasteiger partial charge < -0.3 is 23.9 Å². The molecule has 3 heterocycles. The van der Waals surface area contributed by atoms with Gasteiger partial charge in [-0.05, 0) is 36.8 Å². The largest absolute Gasteiger partial charge is 0.464 e. The monoisotopic (exact) mass is 382 g/mol. The third-order valence-electron chi connectivity index (χ3n) is 5.28. The molecule has 1 atom stereocenters. The van der Waals surface area contributed by atoms with Crippen LogP contribution in [0.4, 0.5) is 4.79 Å². The van der Waals surface area contributed by atoms with E-state index in [0.717, 1.165) is 34.8 Å². The van der Waals surface area contributed by atoms with E-state index in [1.54, 1.807) is 4.90 Å². The molecular weight excluding hydrogens is 356 g/mol. The molecule has 28 heavy (non-hydrogen) atoms. The molecule has 1 fully saturated rings. The first-order chi connectivity index (χ1) is 13.6. The van der Waals surface area contributed by atoms with Crippen molar-refractivity contribution in [3.8, 4) is 0 Å². The van der Waals surface area contributed by atoms with Gasteiger partial charge in [-0.2, -0.15) is 0 Å². The number of fused-ring (bicyclic) bond motifs is 1. The van der Waals surface area contributed by atoms with E-state index in [9.17, 15) is 4.79 Å². The Balaban J connectivity index is 1.48. The standard InChI is InChI=1S/C21H26N4O3/c1-4-15-6-8-19(28-15)18-13-27-10-9-25(18)21(26)22-12-20-23-16-11-14(2)5-7-17(16)24(20)3/h5-8,11,18H,4,9-10,12-13H2,1-3H3,(H,22,26). The highest BCUT2D eigenvalue weighted by Gasteiger charge is 2.31. The zero-order chi connectivity index (χ0) is 19.7. The molecule has 1 aliphatic rings.